The van der Waals surface area contributed by atoms with Gasteiger partial charge in [-0.25, -0.2) is 0 Å². The molecule has 0 aromatic heterocycles. The van der Waals surface area contributed by atoms with E-state index in [1.165, 1.54) is 24.2 Å². The van der Waals surface area contributed by atoms with E-state index >= 15 is 0 Å². The molecule has 1 aromatic rings. The van der Waals surface area contributed by atoms with E-state index in [1.807, 2.05) is 30.0 Å². The summed E-state index contributed by atoms with van der Waals surface area (Å²) in [5.41, 5.74) is 0.805. The van der Waals surface area contributed by atoms with Crippen LogP contribution >= 0.6 is 11.8 Å². The summed E-state index contributed by atoms with van der Waals surface area (Å²) in [7, 11) is 1.80. The summed E-state index contributed by atoms with van der Waals surface area (Å²) in [6.45, 7) is 1.62. The minimum absolute atomic E-state index is 0.135. The first-order chi connectivity index (χ1) is 8.69. The van der Waals surface area contributed by atoms with Crippen molar-refractivity contribution in [2.45, 2.75) is 48.9 Å². The van der Waals surface area contributed by atoms with Crippen LogP contribution in [0.15, 0.2) is 29.2 Å². The van der Waals surface area contributed by atoms with Gasteiger partial charge in [-0.2, -0.15) is 0 Å². The van der Waals surface area contributed by atoms with Crippen molar-refractivity contribution in [1.29, 1.82) is 0 Å². The molecule has 1 aromatic carbocycles. The summed E-state index contributed by atoms with van der Waals surface area (Å²) in [5.74, 6) is 0.135. The molecule has 0 spiro atoms. The molecule has 2 unspecified atom stereocenters. The second kappa shape index (κ2) is 6.39. The van der Waals surface area contributed by atoms with Gasteiger partial charge in [-0.3, -0.25) is 4.79 Å². The Morgan fingerprint density at radius 3 is 2.94 bits per heavy atom. The third-order valence-corrected chi connectivity index (χ3v) is 4.74. The van der Waals surface area contributed by atoms with Crippen LogP contribution in [0.3, 0.4) is 0 Å². The number of hydrogen-bond acceptors (Lipinski definition) is 3. The van der Waals surface area contributed by atoms with E-state index in [-0.39, 0.29) is 5.78 Å². The number of Topliss-reactive ketones (excluding diaryl/α,β-unsaturated/α-hetero) is 1. The fourth-order valence-electron chi connectivity index (χ4n) is 2.40. The molecular formula is C15H20O2S. The minimum atomic E-state index is 0.135. The summed E-state index contributed by atoms with van der Waals surface area (Å²) in [6.07, 6.45) is 5.19. The van der Waals surface area contributed by atoms with Crippen molar-refractivity contribution in [2.24, 2.45) is 0 Å². The molecule has 2 rings (SSSR count). The van der Waals surface area contributed by atoms with Crippen LogP contribution < -0.4 is 0 Å². The Hall–Kier alpha value is -0.800. The second-order valence-electron chi connectivity index (χ2n) is 4.85. The molecule has 2 nitrogen and oxygen atoms in total. The molecule has 0 radical (unpaired) electrons. The molecule has 1 aliphatic carbocycles. The number of methoxy groups -OCH3 is 1. The molecule has 3 heteroatoms. The maximum Gasteiger partial charge on any atom is 0.159 e. The zero-order chi connectivity index (χ0) is 13.0. The van der Waals surface area contributed by atoms with Gasteiger partial charge < -0.3 is 4.74 Å². The monoisotopic (exact) mass is 264 g/mol. The first-order valence-corrected chi connectivity index (χ1v) is 7.37. The number of carbonyl (C=O) groups excluding carboxylic acids is 1. The zero-order valence-electron chi connectivity index (χ0n) is 11.0. The smallest absolute Gasteiger partial charge is 0.159 e. The zero-order valence-corrected chi connectivity index (χ0v) is 11.8. The van der Waals surface area contributed by atoms with E-state index in [1.54, 1.807) is 14.0 Å². The number of rotatable bonds is 4. The minimum Gasteiger partial charge on any atom is -0.381 e. The summed E-state index contributed by atoms with van der Waals surface area (Å²) in [6, 6.07) is 7.94. The van der Waals surface area contributed by atoms with Gasteiger partial charge in [0.15, 0.2) is 5.78 Å². The quantitative estimate of drug-likeness (QED) is 0.771. The van der Waals surface area contributed by atoms with Gasteiger partial charge in [0, 0.05) is 22.8 Å². The van der Waals surface area contributed by atoms with Gasteiger partial charge in [0.2, 0.25) is 0 Å². The molecule has 0 aliphatic heterocycles. The Balaban J connectivity index is 2.00. The molecule has 0 saturated heterocycles. The highest BCUT2D eigenvalue weighted by Crippen LogP contribution is 2.34. The van der Waals surface area contributed by atoms with Crippen LogP contribution in [-0.2, 0) is 4.74 Å². The first-order valence-electron chi connectivity index (χ1n) is 6.49. The maximum absolute atomic E-state index is 11.4. The van der Waals surface area contributed by atoms with Crippen molar-refractivity contribution in [3.8, 4) is 0 Å². The summed E-state index contributed by atoms with van der Waals surface area (Å²) >= 11 is 1.88. The van der Waals surface area contributed by atoms with E-state index in [9.17, 15) is 4.79 Å². The average Bonchev–Trinajstić information content (AvgIpc) is 2.39. The summed E-state index contributed by atoms with van der Waals surface area (Å²) < 4.78 is 5.45. The lowest BCUT2D eigenvalue weighted by Gasteiger charge is -2.27. The van der Waals surface area contributed by atoms with Gasteiger partial charge in [-0.15, -0.1) is 11.8 Å². The van der Waals surface area contributed by atoms with Gasteiger partial charge >= 0.3 is 0 Å². The van der Waals surface area contributed by atoms with Gasteiger partial charge in [0.1, 0.15) is 0 Å². The van der Waals surface area contributed by atoms with Crippen molar-refractivity contribution in [3.05, 3.63) is 29.8 Å². The topological polar surface area (TPSA) is 26.3 Å². The van der Waals surface area contributed by atoms with Crippen LogP contribution in [-0.4, -0.2) is 24.2 Å². The van der Waals surface area contributed by atoms with Crippen LogP contribution in [0.1, 0.15) is 43.0 Å². The standard InChI is InChI=1S/C15H20O2S/c1-11(16)12-5-3-7-14(9-12)18-15-8-4-6-13(10-15)17-2/h3,5,7,9,13,15H,4,6,8,10H2,1-2H3. The van der Waals surface area contributed by atoms with Gasteiger partial charge in [-0.1, -0.05) is 12.1 Å². The van der Waals surface area contributed by atoms with E-state index in [0.29, 0.717) is 11.4 Å². The molecule has 1 saturated carbocycles. The van der Waals surface area contributed by atoms with Crippen molar-refractivity contribution in [1.82, 2.24) is 0 Å². The number of carbonyl (C=O) groups is 1. The number of benzene rings is 1. The first kappa shape index (κ1) is 13.6. The van der Waals surface area contributed by atoms with Crippen LogP contribution in [0.5, 0.6) is 0 Å². The molecule has 18 heavy (non-hydrogen) atoms. The molecule has 1 aliphatic rings. The highest BCUT2D eigenvalue weighted by atomic mass is 32.2. The number of hydrogen-bond donors (Lipinski definition) is 0. The lowest BCUT2D eigenvalue weighted by atomic mass is 9.97. The highest BCUT2D eigenvalue weighted by molar-refractivity contribution is 8.00. The van der Waals surface area contributed by atoms with Crippen LogP contribution in [0.25, 0.3) is 0 Å². The average molecular weight is 264 g/mol. The third kappa shape index (κ3) is 3.59. The molecule has 2 atom stereocenters. The molecule has 0 heterocycles. The predicted octanol–water partition coefficient (Wildman–Crippen LogP) is 3.94. The Kier molecular flexibility index (Phi) is 4.84. The predicted molar refractivity (Wildman–Crippen MR) is 75.4 cm³/mol. The third-order valence-electron chi connectivity index (χ3n) is 3.45. The Morgan fingerprint density at radius 1 is 1.39 bits per heavy atom. The Morgan fingerprint density at radius 2 is 2.22 bits per heavy atom. The lowest BCUT2D eigenvalue weighted by molar-refractivity contribution is 0.0730. The summed E-state index contributed by atoms with van der Waals surface area (Å²) in [5, 5.41) is 0.617. The Bertz CT molecular complexity index is 417. The maximum atomic E-state index is 11.4. The van der Waals surface area contributed by atoms with Crippen molar-refractivity contribution < 1.29 is 9.53 Å². The fourth-order valence-corrected chi connectivity index (χ4v) is 3.74. The van der Waals surface area contributed by atoms with Gasteiger partial charge in [0.25, 0.3) is 0 Å². The fraction of sp³-hybridized carbons (Fsp3) is 0.533. The second-order valence-corrected chi connectivity index (χ2v) is 6.22. The van der Waals surface area contributed by atoms with Gasteiger partial charge in [-0.05, 0) is 44.7 Å². The highest BCUT2D eigenvalue weighted by Gasteiger charge is 2.22. The lowest BCUT2D eigenvalue weighted by Crippen LogP contribution is -2.23. The number of thioether (sulfide) groups is 1. The van der Waals surface area contributed by atoms with Gasteiger partial charge in [0.05, 0.1) is 6.10 Å². The molecular weight excluding hydrogens is 244 g/mol. The molecule has 98 valence electrons. The number of ether oxygens (including phenoxy) is 1. The van der Waals surface area contributed by atoms with E-state index in [2.05, 4.69) is 6.07 Å². The molecule has 1 fully saturated rings. The summed E-state index contributed by atoms with van der Waals surface area (Å²) in [4.78, 5) is 12.6. The van der Waals surface area contributed by atoms with E-state index < -0.39 is 0 Å². The van der Waals surface area contributed by atoms with Crippen molar-refractivity contribution in [3.63, 3.8) is 0 Å². The molecule has 0 bridgehead atoms. The largest absolute Gasteiger partial charge is 0.381 e. The normalized spacial score (nSPS) is 23.9. The molecule has 0 N–H and O–H groups in total. The van der Waals surface area contributed by atoms with E-state index in [0.717, 1.165) is 12.0 Å². The number of ketones is 1. The van der Waals surface area contributed by atoms with Crippen LogP contribution in [0.4, 0.5) is 0 Å². The van der Waals surface area contributed by atoms with Crippen LogP contribution in [0.2, 0.25) is 0 Å². The molecule has 0 amide bonds. The Labute approximate surface area is 113 Å². The van der Waals surface area contributed by atoms with Crippen molar-refractivity contribution in [2.75, 3.05) is 7.11 Å². The van der Waals surface area contributed by atoms with Crippen molar-refractivity contribution >= 4 is 17.5 Å². The van der Waals surface area contributed by atoms with E-state index in [4.69, 9.17) is 4.74 Å². The van der Waals surface area contributed by atoms with Crippen LogP contribution in [0, 0.1) is 0 Å². The SMILES string of the molecule is COC1CCCC(Sc2cccc(C(C)=O)c2)C1.